The van der Waals surface area contributed by atoms with Crippen LogP contribution in [0.2, 0.25) is 0 Å². The summed E-state index contributed by atoms with van der Waals surface area (Å²) in [5, 5.41) is 11.5. The molecule has 4 atom stereocenters. The van der Waals surface area contributed by atoms with Crippen molar-refractivity contribution in [1.29, 1.82) is 0 Å². The van der Waals surface area contributed by atoms with Gasteiger partial charge in [-0.3, -0.25) is 4.79 Å². The van der Waals surface area contributed by atoms with Crippen LogP contribution in [0.15, 0.2) is 42.5 Å². The van der Waals surface area contributed by atoms with E-state index in [1.54, 1.807) is 7.11 Å². The zero-order valence-corrected chi connectivity index (χ0v) is 22.4. The lowest BCUT2D eigenvalue weighted by Crippen LogP contribution is -2.33. The standard InChI is InChI=1S/C30H41NO6/c1-21(22(2)27(32)12-15-35-26-9-7-25(34-3)8-10-26)18-24(20-31-13-4-5-14-31)30(33)23-6-11-28-29(19-23)37-17-16-36-28/h6-11,19,21-22,24,30,33H,4-5,12-18,20H2,1-3H3. The highest BCUT2D eigenvalue weighted by Crippen LogP contribution is 2.37. The van der Waals surface area contributed by atoms with Crippen molar-refractivity contribution < 1.29 is 28.8 Å². The Morgan fingerprint density at radius 1 is 1.00 bits per heavy atom. The third-order valence-electron chi connectivity index (χ3n) is 7.76. The Hall–Kier alpha value is -2.77. The number of hydrogen-bond acceptors (Lipinski definition) is 7. The zero-order valence-electron chi connectivity index (χ0n) is 22.4. The number of hydrogen-bond donors (Lipinski definition) is 1. The molecule has 0 radical (unpaired) electrons. The fourth-order valence-corrected chi connectivity index (χ4v) is 5.28. The highest BCUT2D eigenvalue weighted by atomic mass is 16.6. The maximum Gasteiger partial charge on any atom is 0.161 e. The molecule has 2 aromatic rings. The normalized spacial score (nSPS) is 18.6. The fourth-order valence-electron chi connectivity index (χ4n) is 5.28. The number of benzene rings is 2. The first-order valence-electron chi connectivity index (χ1n) is 13.5. The number of carbonyl (C=O) groups is 1. The van der Waals surface area contributed by atoms with Crippen molar-refractivity contribution in [2.75, 3.05) is 46.6 Å². The number of likely N-dealkylation sites (tertiary alicyclic amines) is 1. The van der Waals surface area contributed by atoms with Crippen LogP contribution in [-0.4, -0.2) is 62.4 Å². The number of methoxy groups -OCH3 is 1. The van der Waals surface area contributed by atoms with Gasteiger partial charge in [0.2, 0.25) is 0 Å². The predicted molar refractivity (Wildman–Crippen MR) is 143 cm³/mol. The third kappa shape index (κ3) is 7.39. The van der Waals surface area contributed by atoms with Crippen LogP contribution in [0.1, 0.15) is 51.2 Å². The number of ketones is 1. The summed E-state index contributed by atoms with van der Waals surface area (Å²) in [6, 6.07) is 13.1. The number of aliphatic hydroxyl groups is 1. The smallest absolute Gasteiger partial charge is 0.161 e. The van der Waals surface area contributed by atoms with Crippen molar-refractivity contribution in [3.8, 4) is 23.0 Å². The number of carbonyl (C=O) groups excluding carboxylic acids is 1. The number of rotatable bonds is 13. The van der Waals surface area contributed by atoms with Gasteiger partial charge in [-0.1, -0.05) is 19.9 Å². The van der Waals surface area contributed by atoms with Crippen molar-refractivity contribution in [1.82, 2.24) is 4.90 Å². The highest BCUT2D eigenvalue weighted by molar-refractivity contribution is 5.81. The quantitative estimate of drug-likeness (QED) is 0.409. The average Bonchev–Trinajstić information content (AvgIpc) is 3.45. The van der Waals surface area contributed by atoms with Crippen LogP contribution in [0.25, 0.3) is 0 Å². The number of fused-ring (bicyclic) bond motifs is 1. The van der Waals surface area contributed by atoms with Crippen molar-refractivity contribution in [2.45, 2.75) is 45.6 Å². The van der Waals surface area contributed by atoms with E-state index in [1.165, 1.54) is 12.8 Å². The molecule has 2 heterocycles. The first-order valence-corrected chi connectivity index (χ1v) is 13.5. The molecule has 7 heteroatoms. The lowest BCUT2D eigenvalue weighted by atomic mass is 9.80. The summed E-state index contributed by atoms with van der Waals surface area (Å²) < 4.78 is 22.3. The molecule has 1 N–H and O–H groups in total. The third-order valence-corrected chi connectivity index (χ3v) is 7.76. The Morgan fingerprint density at radius 2 is 1.68 bits per heavy atom. The van der Waals surface area contributed by atoms with Crippen molar-refractivity contribution >= 4 is 5.78 Å². The van der Waals surface area contributed by atoms with E-state index in [-0.39, 0.29) is 23.5 Å². The molecule has 7 nitrogen and oxygen atoms in total. The Bertz CT molecular complexity index is 1000. The number of ether oxygens (including phenoxy) is 4. The second kappa shape index (κ2) is 13.2. The van der Waals surface area contributed by atoms with Crippen molar-refractivity contribution in [2.24, 2.45) is 17.8 Å². The molecule has 0 aromatic heterocycles. The molecule has 0 aliphatic carbocycles. The summed E-state index contributed by atoms with van der Waals surface area (Å²) in [5.41, 5.74) is 0.840. The van der Waals surface area contributed by atoms with Gasteiger partial charge in [0.15, 0.2) is 11.5 Å². The second-order valence-corrected chi connectivity index (χ2v) is 10.4. The molecule has 1 fully saturated rings. The van der Waals surface area contributed by atoms with E-state index in [9.17, 15) is 9.90 Å². The van der Waals surface area contributed by atoms with Crippen molar-refractivity contribution in [3.05, 3.63) is 48.0 Å². The van der Waals surface area contributed by atoms with E-state index in [0.29, 0.717) is 32.0 Å². The summed E-state index contributed by atoms with van der Waals surface area (Å²) in [6.07, 6.45) is 2.88. The largest absolute Gasteiger partial charge is 0.497 e. The molecule has 2 aromatic carbocycles. The van der Waals surface area contributed by atoms with E-state index in [1.807, 2.05) is 49.4 Å². The van der Waals surface area contributed by atoms with Crippen molar-refractivity contribution in [3.63, 3.8) is 0 Å². The van der Waals surface area contributed by atoms with E-state index >= 15 is 0 Å². The van der Waals surface area contributed by atoms with E-state index in [4.69, 9.17) is 18.9 Å². The molecule has 1 saturated heterocycles. The molecule has 4 rings (SSSR count). The van der Waals surface area contributed by atoms with Crippen LogP contribution in [0.3, 0.4) is 0 Å². The molecule has 0 spiro atoms. The molecule has 2 aliphatic rings. The van der Waals surface area contributed by atoms with Crippen LogP contribution in [-0.2, 0) is 4.79 Å². The van der Waals surface area contributed by atoms with Gasteiger partial charge in [-0.05, 0) is 80.2 Å². The summed E-state index contributed by atoms with van der Waals surface area (Å²) in [7, 11) is 1.63. The monoisotopic (exact) mass is 511 g/mol. The molecule has 4 unspecified atom stereocenters. The first-order chi connectivity index (χ1) is 17.9. The minimum absolute atomic E-state index is 0.0152. The van der Waals surface area contributed by atoms with Gasteiger partial charge in [-0.25, -0.2) is 0 Å². The van der Waals surface area contributed by atoms with Crippen LogP contribution in [0.4, 0.5) is 0 Å². The zero-order chi connectivity index (χ0) is 26.2. The summed E-state index contributed by atoms with van der Waals surface area (Å²) in [4.78, 5) is 15.4. The minimum Gasteiger partial charge on any atom is -0.497 e. The topological polar surface area (TPSA) is 77.5 Å². The van der Waals surface area contributed by atoms with E-state index in [2.05, 4.69) is 11.8 Å². The Morgan fingerprint density at radius 3 is 2.38 bits per heavy atom. The SMILES string of the molecule is COc1ccc(OCCC(=O)C(C)C(C)CC(CN2CCCC2)C(O)c2ccc3c(c2)OCCO3)cc1. The molecule has 0 amide bonds. The first kappa shape index (κ1) is 27.3. The molecule has 37 heavy (non-hydrogen) atoms. The minimum atomic E-state index is -0.639. The van der Waals surface area contributed by atoms with Gasteiger partial charge in [-0.15, -0.1) is 0 Å². The molecular weight excluding hydrogens is 470 g/mol. The molecule has 0 bridgehead atoms. The maximum absolute atomic E-state index is 13.0. The average molecular weight is 512 g/mol. The van der Waals surface area contributed by atoms with Gasteiger partial charge >= 0.3 is 0 Å². The van der Waals surface area contributed by atoms with E-state index in [0.717, 1.165) is 48.9 Å². The Kier molecular flexibility index (Phi) is 9.69. The molecule has 0 saturated carbocycles. The Balaban J connectivity index is 1.35. The highest BCUT2D eigenvalue weighted by Gasteiger charge is 2.30. The lowest BCUT2D eigenvalue weighted by Gasteiger charge is -2.32. The van der Waals surface area contributed by atoms with Gasteiger partial charge in [-0.2, -0.15) is 0 Å². The van der Waals surface area contributed by atoms with Gasteiger partial charge in [0, 0.05) is 24.8 Å². The maximum atomic E-state index is 13.0. The molecule has 2 aliphatic heterocycles. The van der Waals surface area contributed by atoms with Gasteiger partial charge < -0.3 is 29.0 Å². The second-order valence-electron chi connectivity index (χ2n) is 10.4. The molecule has 202 valence electrons. The Labute approximate surface area is 220 Å². The predicted octanol–water partition coefficient (Wildman–Crippen LogP) is 4.91. The lowest BCUT2D eigenvalue weighted by molar-refractivity contribution is -0.124. The van der Waals surface area contributed by atoms with Crippen LogP contribution < -0.4 is 18.9 Å². The summed E-state index contributed by atoms with van der Waals surface area (Å²) >= 11 is 0. The number of Topliss-reactive ketones (excluding diaryl/α,β-unsaturated/α-hetero) is 1. The van der Waals surface area contributed by atoms with E-state index < -0.39 is 6.10 Å². The fraction of sp³-hybridized carbons (Fsp3) is 0.567. The van der Waals surface area contributed by atoms with Gasteiger partial charge in [0.05, 0.1) is 19.8 Å². The van der Waals surface area contributed by atoms with Crippen LogP contribution in [0, 0.1) is 17.8 Å². The number of aliphatic hydroxyl groups excluding tert-OH is 1. The van der Waals surface area contributed by atoms with Gasteiger partial charge in [0.25, 0.3) is 0 Å². The van der Waals surface area contributed by atoms with Gasteiger partial charge in [0.1, 0.15) is 30.5 Å². The molecular formula is C30H41NO6. The van der Waals surface area contributed by atoms with Crippen LogP contribution in [0.5, 0.6) is 23.0 Å². The summed E-state index contributed by atoms with van der Waals surface area (Å²) in [5.74, 6) is 3.13. The number of nitrogens with zero attached hydrogens (tertiary/aromatic N) is 1. The van der Waals surface area contributed by atoms with Crippen LogP contribution >= 0.6 is 0 Å². The summed E-state index contributed by atoms with van der Waals surface area (Å²) in [6.45, 7) is 8.49.